The van der Waals surface area contributed by atoms with E-state index in [1.165, 1.54) is 7.05 Å². The summed E-state index contributed by atoms with van der Waals surface area (Å²) < 4.78 is 26.8. The van der Waals surface area contributed by atoms with Gasteiger partial charge in [-0.3, -0.25) is 4.68 Å². The molecule has 0 fully saturated rings. The summed E-state index contributed by atoms with van der Waals surface area (Å²) in [6.45, 7) is 3.40. The highest BCUT2D eigenvalue weighted by Gasteiger charge is 2.21. The summed E-state index contributed by atoms with van der Waals surface area (Å²) >= 11 is 0. The largest absolute Gasteiger partial charge is 0.271 e. The fourth-order valence-corrected chi connectivity index (χ4v) is 2.40. The molecule has 1 aromatic heterocycles. The van der Waals surface area contributed by atoms with Gasteiger partial charge in [-0.15, -0.1) is 0 Å². The Bertz CT molecular complexity index is 419. The molecule has 0 spiro atoms. The van der Waals surface area contributed by atoms with Crippen molar-refractivity contribution in [2.45, 2.75) is 18.7 Å². The summed E-state index contributed by atoms with van der Waals surface area (Å²) in [6, 6.07) is 0. The third kappa shape index (κ3) is 1.59. The monoisotopic (exact) mass is 203 g/mol. The van der Waals surface area contributed by atoms with Crippen molar-refractivity contribution in [1.29, 1.82) is 0 Å². The highest BCUT2D eigenvalue weighted by molar-refractivity contribution is 7.89. The second kappa shape index (κ2) is 3.12. The maximum absolute atomic E-state index is 11.5. The molecule has 0 aromatic carbocycles. The van der Waals surface area contributed by atoms with Crippen LogP contribution < -0.4 is 4.72 Å². The number of nitrogens with one attached hydrogen (secondary N) is 1. The van der Waals surface area contributed by atoms with Gasteiger partial charge >= 0.3 is 0 Å². The van der Waals surface area contributed by atoms with Gasteiger partial charge in [0.05, 0.1) is 11.4 Å². The molecule has 6 heteroatoms. The number of nitrogens with zero attached hydrogens (tertiary/aromatic N) is 2. The zero-order chi connectivity index (χ0) is 10.2. The SMILES string of the molecule is CNS(=O)(=O)c1c(C)nn(C)c1C. The van der Waals surface area contributed by atoms with Crippen LogP contribution in [0.4, 0.5) is 0 Å². The highest BCUT2D eigenvalue weighted by atomic mass is 32.2. The molecule has 0 unspecified atom stereocenters. The third-order valence-corrected chi connectivity index (χ3v) is 3.65. The number of hydrogen-bond donors (Lipinski definition) is 1. The van der Waals surface area contributed by atoms with E-state index in [1.54, 1.807) is 25.6 Å². The average molecular weight is 203 g/mol. The van der Waals surface area contributed by atoms with E-state index in [4.69, 9.17) is 0 Å². The molecule has 0 amide bonds. The molecule has 0 bridgehead atoms. The Labute approximate surface area is 77.8 Å². The summed E-state index contributed by atoms with van der Waals surface area (Å²) in [7, 11) is -0.263. The number of sulfonamides is 1. The molecule has 0 radical (unpaired) electrons. The van der Waals surface area contributed by atoms with Gasteiger partial charge < -0.3 is 0 Å². The van der Waals surface area contributed by atoms with Crippen LogP contribution in [0.5, 0.6) is 0 Å². The molecule has 74 valence electrons. The van der Waals surface area contributed by atoms with Crippen LogP contribution in [-0.2, 0) is 17.1 Å². The van der Waals surface area contributed by atoms with Crippen LogP contribution in [0.15, 0.2) is 4.90 Å². The Kier molecular flexibility index (Phi) is 2.44. The average Bonchev–Trinajstić information content (AvgIpc) is 2.27. The quantitative estimate of drug-likeness (QED) is 0.732. The van der Waals surface area contributed by atoms with Crippen molar-refractivity contribution >= 4 is 10.0 Å². The van der Waals surface area contributed by atoms with Crippen LogP contribution in [0.3, 0.4) is 0 Å². The van der Waals surface area contributed by atoms with Gasteiger partial charge in [0.2, 0.25) is 10.0 Å². The molecular formula is C7H13N3O2S. The third-order valence-electron chi connectivity index (χ3n) is 1.98. The van der Waals surface area contributed by atoms with E-state index in [1.807, 2.05) is 0 Å². The summed E-state index contributed by atoms with van der Waals surface area (Å²) in [6.07, 6.45) is 0. The number of hydrogen-bond acceptors (Lipinski definition) is 3. The number of aryl methyl sites for hydroxylation is 2. The van der Waals surface area contributed by atoms with Crippen LogP contribution in [-0.4, -0.2) is 25.2 Å². The second-order valence-corrected chi connectivity index (χ2v) is 4.65. The first-order valence-electron chi connectivity index (χ1n) is 3.84. The van der Waals surface area contributed by atoms with Gasteiger partial charge in [-0.1, -0.05) is 0 Å². The van der Waals surface area contributed by atoms with Crippen molar-refractivity contribution in [2.75, 3.05) is 7.05 Å². The molecule has 1 N–H and O–H groups in total. The lowest BCUT2D eigenvalue weighted by Crippen LogP contribution is -2.20. The normalized spacial score (nSPS) is 12.0. The van der Waals surface area contributed by atoms with E-state index >= 15 is 0 Å². The van der Waals surface area contributed by atoms with Crippen molar-refractivity contribution in [3.8, 4) is 0 Å². The van der Waals surface area contributed by atoms with E-state index in [0.717, 1.165) is 0 Å². The molecule has 1 heterocycles. The number of rotatable bonds is 2. The van der Waals surface area contributed by atoms with Gasteiger partial charge in [-0.05, 0) is 20.9 Å². The Balaban J connectivity index is 3.47. The minimum absolute atomic E-state index is 0.275. The lowest BCUT2D eigenvalue weighted by atomic mass is 10.4. The predicted octanol–water partition coefficient (Wildman–Crippen LogP) is -0.0550. The maximum Gasteiger partial charge on any atom is 0.243 e. The molecule has 0 aliphatic heterocycles. The second-order valence-electron chi connectivity index (χ2n) is 2.83. The van der Waals surface area contributed by atoms with Crippen molar-refractivity contribution in [2.24, 2.45) is 7.05 Å². The zero-order valence-electron chi connectivity index (χ0n) is 8.12. The minimum Gasteiger partial charge on any atom is -0.271 e. The van der Waals surface area contributed by atoms with Gasteiger partial charge in [0, 0.05) is 7.05 Å². The first-order chi connectivity index (χ1) is 5.90. The van der Waals surface area contributed by atoms with Crippen molar-refractivity contribution in [1.82, 2.24) is 14.5 Å². The molecular weight excluding hydrogens is 190 g/mol. The smallest absolute Gasteiger partial charge is 0.243 e. The molecule has 5 nitrogen and oxygen atoms in total. The van der Waals surface area contributed by atoms with E-state index in [-0.39, 0.29) is 4.90 Å². The van der Waals surface area contributed by atoms with Crippen LogP contribution >= 0.6 is 0 Å². The number of aromatic nitrogens is 2. The zero-order valence-corrected chi connectivity index (χ0v) is 8.94. The molecule has 13 heavy (non-hydrogen) atoms. The molecule has 1 aromatic rings. The minimum atomic E-state index is -3.37. The molecule has 0 saturated heterocycles. The first kappa shape index (κ1) is 10.2. The van der Waals surface area contributed by atoms with Crippen molar-refractivity contribution in [3.05, 3.63) is 11.4 Å². The van der Waals surface area contributed by atoms with Gasteiger partial charge in [0.15, 0.2) is 0 Å². The van der Waals surface area contributed by atoms with E-state index in [2.05, 4.69) is 9.82 Å². The summed E-state index contributed by atoms with van der Waals surface area (Å²) in [5, 5.41) is 4.02. The standard InChI is InChI=1S/C7H13N3O2S/c1-5-7(13(11,12)8-3)6(2)10(4)9-5/h8H,1-4H3. The Morgan fingerprint density at radius 3 is 2.23 bits per heavy atom. The lowest BCUT2D eigenvalue weighted by molar-refractivity contribution is 0.586. The van der Waals surface area contributed by atoms with Crippen molar-refractivity contribution < 1.29 is 8.42 Å². The molecule has 0 atom stereocenters. The Morgan fingerprint density at radius 2 is 1.92 bits per heavy atom. The summed E-state index contributed by atoms with van der Waals surface area (Å²) in [4.78, 5) is 0.275. The fraction of sp³-hybridized carbons (Fsp3) is 0.571. The van der Waals surface area contributed by atoms with Gasteiger partial charge in [0.25, 0.3) is 0 Å². The Morgan fingerprint density at radius 1 is 1.38 bits per heavy atom. The highest BCUT2D eigenvalue weighted by Crippen LogP contribution is 2.17. The predicted molar refractivity (Wildman–Crippen MR) is 48.9 cm³/mol. The summed E-state index contributed by atoms with van der Waals surface area (Å²) in [5.74, 6) is 0. The van der Waals surface area contributed by atoms with E-state index in [0.29, 0.717) is 11.4 Å². The Hall–Kier alpha value is -0.880. The fourth-order valence-electron chi connectivity index (χ4n) is 1.25. The van der Waals surface area contributed by atoms with Crippen LogP contribution in [0.2, 0.25) is 0 Å². The maximum atomic E-state index is 11.5. The molecule has 1 rings (SSSR count). The van der Waals surface area contributed by atoms with Gasteiger partial charge in [-0.25, -0.2) is 13.1 Å². The molecule has 0 aliphatic rings. The lowest BCUT2D eigenvalue weighted by Gasteiger charge is -2.01. The topological polar surface area (TPSA) is 64.0 Å². The summed E-state index contributed by atoms with van der Waals surface area (Å²) in [5.41, 5.74) is 1.17. The molecule has 0 saturated carbocycles. The van der Waals surface area contributed by atoms with E-state index in [9.17, 15) is 8.42 Å². The van der Waals surface area contributed by atoms with Gasteiger partial charge in [-0.2, -0.15) is 5.10 Å². The first-order valence-corrected chi connectivity index (χ1v) is 5.32. The van der Waals surface area contributed by atoms with Crippen LogP contribution in [0.25, 0.3) is 0 Å². The van der Waals surface area contributed by atoms with Gasteiger partial charge in [0.1, 0.15) is 4.90 Å². The van der Waals surface area contributed by atoms with Crippen LogP contribution in [0, 0.1) is 13.8 Å². The van der Waals surface area contributed by atoms with Crippen molar-refractivity contribution in [3.63, 3.8) is 0 Å². The van der Waals surface area contributed by atoms with Crippen LogP contribution in [0.1, 0.15) is 11.4 Å². The molecule has 0 aliphatic carbocycles. The van der Waals surface area contributed by atoms with E-state index < -0.39 is 10.0 Å².